The predicted molar refractivity (Wildman–Crippen MR) is 91.5 cm³/mol. The van der Waals surface area contributed by atoms with Gasteiger partial charge in [-0.25, -0.2) is 0 Å². The van der Waals surface area contributed by atoms with Crippen LogP contribution in [0.3, 0.4) is 0 Å². The number of anilines is 1. The highest BCUT2D eigenvalue weighted by Crippen LogP contribution is 2.34. The van der Waals surface area contributed by atoms with Crippen LogP contribution < -0.4 is 4.90 Å². The van der Waals surface area contributed by atoms with Crippen molar-refractivity contribution < 1.29 is 4.42 Å². The lowest BCUT2D eigenvalue weighted by atomic mass is 10.0. The molecule has 0 bridgehead atoms. The van der Waals surface area contributed by atoms with Crippen molar-refractivity contribution in [3.63, 3.8) is 0 Å². The van der Waals surface area contributed by atoms with E-state index in [1.54, 1.807) is 0 Å². The van der Waals surface area contributed by atoms with Gasteiger partial charge in [-0.1, -0.05) is 26.0 Å². The highest BCUT2D eigenvalue weighted by Gasteiger charge is 2.27. The number of hydrogen-bond donors (Lipinski definition) is 0. The van der Waals surface area contributed by atoms with Crippen molar-refractivity contribution in [1.29, 1.82) is 0 Å². The fraction of sp³-hybridized carbons (Fsp3) is 0.556. The third kappa shape index (κ3) is 3.55. The summed E-state index contributed by atoms with van der Waals surface area (Å²) in [5.74, 6) is 1.73. The molecule has 1 aromatic heterocycles. The number of benzene rings is 1. The zero-order valence-corrected chi connectivity index (χ0v) is 14.5. The van der Waals surface area contributed by atoms with Gasteiger partial charge in [0.25, 0.3) is 0 Å². The third-order valence-electron chi connectivity index (χ3n) is 4.45. The molecule has 0 saturated carbocycles. The minimum atomic E-state index is 0.280. The second kappa shape index (κ2) is 6.71. The van der Waals surface area contributed by atoms with Gasteiger partial charge in [-0.2, -0.15) is 0 Å². The van der Waals surface area contributed by atoms with Crippen LogP contribution in [-0.4, -0.2) is 35.7 Å². The van der Waals surface area contributed by atoms with Gasteiger partial charge in [0, 0.05) is 31.7 Å². The Morgan fingerprint density at radius 1 is 1.30 bits per heavy atom. The molecule has 1 aromatic carbocycles. The van der Waals surface area contributed by atoms with E-state index in [4.69, 9.17) is 4.42 Å². The maximum absolute atomic E-state index is 5.78. The van der Waals surface area contributed by atoms with E-state index in [9.17, 15) is 0 Å². The topological polar surface area (TPSA) is 45.4 Å². The van der Waals surface area contributed by atoms with Crippen LogP contribution in [0.2, 0.25) is 0 Å². The van der Waals surface area contributed by atoms with Gasteiger partial charge >= 0.3 is 0 Å². The summed E-state index contributed by atoms with van der Waals surface area (Å²) in [5, 5.41) is 8.35. The molecule has 3 rings (SSSR count). The Balaban J connectivity index is 1.75. The first-order valence-corrected chi connectivity index (χ1v) is 8.38. The number of nitrogens with zero attached hydrogens (tertiary/aromatic N) is 4. The summed E-state index contributed by atoms with van der Waals surface area (Å²) in [4.78, 5) is 4.60. The molecule has 0 aliphatic carbocycles. The molecule has 2 aromatic rings. The quantitative estimate of drug-likeness (QED) is 0.844. The molecule has 1 aliphatic heterocycles. The number of aromatic nitrogens is 2. The van der Waals surface area contributed by atoms with Crippen LogP contribution in [0, 0.1) is 0 Å². The van der Waals surface area contributed by atoms with Crippen LogP contribution in [0.25, 0.3) is 0 Å². The molecule has 5 heteroatoms. The first-order chi connectivity index (χ1) is 11.0. The zero-order chi connectivity index (χ0) is 16.4. The van der Waals surface area contributed by atoms with Gasteiger partial charge in [-0.05, 0) is 37.1 Å². The maximum Gasteiger partial charge on any atom is 0.230 e. The van der Waals surface area contributed by atoms with Crippen molar-refractivity contribution in [2.45, 2.75) is 45.2 Å². The van der Waals surface area contributed by atoms with Crippen LogP contribution >= 0.6 is 0 Å². The molecule has 0 radical (unpaired) electrons. The lowest BCUT2D eigenvalue weighted by molar-refractivity contribution is 0.220. The van der Waals surface area contributed by atoms with E-state index in [0.29, 0.717) is 6.04 Å². The summed E-state index contributed by atoms with van der Waals surface area (Å²) < 4.78 is 5.78. The van der Waals surface area contributed by atoms with Crippen LogP contribution in [0.1, 0.15) is 56.0 Å². The van der Waals surface area contributed by atoms with Crippen LogP contribution in [0.4, 0.5) is 5.69 Å². The molecule has 1 fully saturated rings. The SMILES string of the molecule is CC(C)c1nnc(CN2CCC[C@@H]2c2cccc(N(C)C)c2)o1. The lowest BCUT2D eigenvalue weighted by Crippen LogP contribution is -2.23. The summed E-state index contributed by atoms with van der Waals surface area (Å²) in [7, 11) is 4.16. The van der Waals surface area contributed by atoms with E-state index in [-0.39, 0.29) is 5.92 Å². The van der Waals surface area contributed by atoms with Crippen molar-refractivity contribution >= 4 is 5.69 Å². The molecule has 1 saturated heterocycles. The fourth-order valence-electron chi connectivity index (χ4n) is 3.14. The Kier molecular flexibility index (Phi) is 4.66. The van der Waals surface area contributed by atoms with E-state index in [0.717, 1.165) is 24.9 Å². The maximum atomic E-state index is 5.78. The normalized spacial score (nSPS) is 18.7. The first-order valence-electron chi connectivity index (χ1n) is 8.38. The van der Waals surface area contributed by atoms with Gasteiger partial charge in [0.2, 0.25) is 11.8 Å². The fourth-order valence-corrected chi connectivity index (χ4v) is 3.14. The van der Waals surface area contributed by atoms with Gasteiger partial charge in [0.1, 0.15) is 0 Å². The third-order valence-corrected chi connectivity index (χ3v) is 4.45. The average Bonchev–Trinajstić information content (AvgIpc) is 3.17. The van der Waals surface area contributed by atoms with Crippen molar-refractivity contribution in [2.75, 3.05) is 25.5 Å². The summed E-state index contributed by atoms with van der Waals surface area (Å²) >= 11 is 0. The Morgan fingerprint density at radius 3 is 2.83 bits per heavy atom. The molecule has 5 nitrogen and oxygen atoms in total. The highest BCUT2D eigenvalue weighted by atomic mass is 16.4. The first kappa shape index (κ1) is 16.0. The summed E-state index contributed by atoms with van der Waals surface area (Å²) in [6.45, 7) is 5.96. The monoisotopic (exact) mass is 314 g/mol. The predicted octanol–water partition coefficient (Wildman–Crippen LogP) is 3.60. The van der Waals surface area contributed by atoms with E-state index < -0.39 is 0 Å². The molecule has 1 aliphatic rings. The summed E-state index contributed by atoms with van der Waals surface area (Å²) in [6.07, 6.45) is 2.39. The van der Waals surface area contributed by atoms with Crippen molar-refractivity contribution in [1.82, 2.24) is 15.1 Å². The van der Waals surface area contributed by atoms with Crippen molar-refractivity contribution in [2.24, 2.45) is 0 Å². The minimum Gasteiger partial charge on any atom is -0.424 e. The Labute approximate surface area is 138 Å². The Bertz CT molecular complexity index is 650. The number of likely N-dealkylation sites (tertiary alicyclic amines) is 1. The van der Waals surface area contributed by atoms with Crippen molar-refractivity contribution in [3.05, 3.63) is 41.6 Å². The second-order valence-electron chi connectivity index (χ2n) is 6.81. The molecule has 0 unspecified atom stereocenters. The molecule has 2 heterocycles. The zero-order valence-electron chi connectivity index (χ0n) is 14.5. The molecule has 124 valence electrons. The smallest absolute Gasteiger partial charge is 0.230 e. The summed E-state index contributed by atoms with van der Waals surface area (Å²) in [6, 6.07) is 9.24. The molecular formula is C18H26N4O. The van der Waals surface area contributed by atoms with Gasteiger partial charge in [0.15, 0.2) is 0 Å². The molecular weight excluding hydrogens is 288 g/mol. The van der Waals surface area contributed by atoms with E-state index in [1.807, 2.05) is 0 Å². The highest BCUT2D eigenvalue weighted by molar-refractivity contribution is 5.48. The molecule has 0 spiro atoms. The van der Waals surface area contributed by atoms with E-state index >= 15 is 0 Å². The molecule has 23 heavy (non-hydrogen) atoms. The summed E-state index contributed by atoms with van der Waals surface area (Å²) in [5.41, 5.74) is 2.62. The van der Waals surface area contributed by atoms with Crippen LogP contribution in [-0.2, 0) is 6.54 Å². The molecule has 0 amide bonds. The Morgan fingerprint density at radius 2 is 2.13 bits per heavy atom. The van der Waals surface area contributed by atoms with E-state index in [1.165, 1.54) is 24.1 Å². The molecule has 0 N–H and O–H groups in total. The minimum absolute atomic E-state index is 0.280. The molecule has 1 atom stereocenters. The largest absolute Gasteiger partial charge is 0.424 e. The van der Waals surface area contributed by atoms with Gasteiger partial charge < -0.3 is 9.32 Å². The standard InChI is InChI=1S/C18H26N4O/c1-13(2)18-20-19-17(23-18)12-22-10-6-9-16(22)14-7-5-8-15(11-14)21(3)4/h5,7-8,11,13,16H,6,9-10,12H2,1-4H3/t16-/m1/s1. The number of rotatable bonds is 5. The van der Waals surface area contributed by atoms with Crippen molar-refractivity contribution in [3.8, 4) is 0 Å². The Hall–Kier alpha value is -1.88. The van der Waals surface area contributed by atoms with Crippen LogP contribution in [0.5, 0.6) is 0 Å². The average molecular weight is 314 g/mol. The number of hydrogen-bond acceptors (Lipinski definition) is 5. The van der Waals surface area contributed by atoms with E-state index in [2.05, 4.69) is 72.2 Å². The lowest BCUT2D eigenvalue weighted by Gasteiger charge is -2.24. The second-order valence-corrected chi connectivity index (χ2v) is 6.81. The van der Waals surface area contributed by atoms with Gasteiger partial charge in [-0.15, -0.1) is 10.2 Å². The van der Waals surface area contributed by atoms with Gasteiger partial charge in [-0.3, -0.25) is 4.90 Å². The van der Waals surface area contributed by atoms with Gasteiger partial charge in [0.05, 0.1) is 6.54 Å². The van der Waals surface area contributed by atoms with Crippen LogP contribution in [0.15, 0.2) is 28.7 Å².